The third-order valence-corrected chi connectivity index (χ3v) is 2.99. The van der Waals surface area contributed by atoms with Gasteiger partial charge in [-0.3, -0.25) is 0 Å². The number of aromatic nitrogens is 1. The molecule has 0 aliphatic carbocycles. The van der Waals surface area contributed by atoms with Gasteiger partial charge in [-0.15, -0.1) is 11.3 Å². The molecule has 0 saturated heterocycles. The van der Waals surface area contributed by atoms with Gasteiger partial charge in [-0.2, -0.15) is 0 Å². The first-order valence-corrected chi connectivity index (χ1v) is 5.13. The van der Waals surface area contributed by atoms with Crippen LogP contribution in [0.15, 0.2) is 29.6 Å². The van der Waals surface area contributed by atoms with Gasteiger partial charge in [-0.05, 0) is 19.4 Å². The highest BCUT2D eigenvalue weighted by Gasteiger charge is 2.03. The number of nitrogens with zero attached hydrogens (tertiary/aromatic N) is 1. The van der Waals surface area contributed by atoms with E-state index in [1.54, 1.807) is 11.3 Å². The summed E-state index contributed by atoms with van der Waals surface area (Å²) in [7, 11) is 0. The monoisotopic (exact) mass is 189 g/mol. The van der Waals surface area contributed by atoms with Crippen LogP contribution in [0, 0.1) is 13.8 Å². The lowest BCUT2D eigenvalue weighted by molar-refractivity contribution is 1.26. The smallest absolute Gasteiger partial charge is 0.123 e. The van der Waals surface area contributed by atoms with Crippen LogP contribution in [-0.4, -0.2) is 4.98 Å². The summed E-state index contributed by atoms with van der Waals surface area (Å²) in [5.74, 6) is 0. The molecule has 0 fully saturated rings. The maximum atomic E-state index is 4.46. The molecule has 66 valence electrons. The summed E-state index contributed by atoms with van der Waals surface area (Å²) in [5, 5.41) is 3.21. The number of aryl methyl sites for hydroxylation is 2. The highest BCUT2D eigenvalue weighted by atomic mass is 32.1. The van der Waals surface area contributed by atoms with E-state index in [2.05, 4.69) is 41.6 Å². The van der Waals surface area contributed by atoms with Crippen LogP contribution in [0.3, 0.4) is 0 Å². The quantitative estimate of drug-likeness (QED) is 0.669. The van der Waals surface area contributed by atoms with Crippen molar-refractivity contribution in [1.82, 2.24) is 4.98 Å². The van der Waals surface area contributed by atoms with Gasteiger partial charge < -0.3 is 0 Å². The predicted octanol–water partition coefficient (Wildman–Crippen LogP) is 3.43. The fourth-order valence-electron chi connectivity index (χ4n) is 1.29. The van der Waals surface area contributed by atoms with Crippen LogP contribution in [0.1, 0.15) is 11.3 Å². The highest BCUT2D eigenvalue weighted by Crippen LogP contribution is 2.25. The molecule has 0 unspecified atom stereocenters. The van der Waals surface area contributed by atoms with Gasteiger partial charge in [0.25, 0.3) is 0 Å². The van der Waals surface area contributed by atoms with Crippen molar-refractivity contribution >= 4 is 11.3 Å². The molecule has 2 aromatic rings. The van der Waals surface area contributed by atoms with Crippen molar-refractivity contribution in [2.75, 3.05) is 0 Å². The zero-order valence-corrected chi connectivity index (χ0v) is 8.56. The Labute approximate surface area is 82.1 Å². The van der Waals surface area contributed by atoms with Crippen molar-refractivity contribution in [3.05, 3.63) is 40.9 Å². The van der Waals surface area contributed by atoms with Crippen molar-refractivity contribution in [2.24, 2.45) is 0 Å². The van der Waals surface area contributed by atoms with Crippen molar-refractivity contribution < 1.29 is 0 Å². The number of hydrogen-bond acceptors (Lipinski definition) is 2. The molecule has 0 atom stereocenters. The van der Waals surface area contributed by atoms with Crippen LogP contribution in [0.5, 0.6) is 0 Å². The van der Waals surface area contributed by atoms with E-state index in [4.69, 9.17) is 0 Å². The Hall–Kier alpha value is -1.15. The minimum absolute atomic E-state index is 1.10. The number of rotatable bonds is 1. The molecular weight excluding hydrogens is 178 g/mol. The van der Waals surface area contributed by atoms with Crippen molar-refractivity contribution in [3.8, 4) is 10.6 Å². The van der Waals surface area contributed by atoms with Crippen molar-refractivity contribution in [3.63, 3.8) is 0 Å². The van der Waals surface area contributed by atoms with Crippen LogP contribution in [0.4, 0.5) is 0 Å². The predicted molar refractivity (Wildman–Crippen MR) is 57.0 cm³/mol. The molecule has 0 spiro atoms. The summed E-state index contributed by atoms with van der Waals surface area (Å²) < 4.78 is 0. The number of thiazole rings is 1. The van der Waals surface area contributed by atoms with E-state index in [9.17, 15) is 0 Å². The molecule has 0 aliphatic heterocycles. The van der Waals surface area contributed by atoms with Crippen LogP contribution in [0.25, 0.3) is 10.6 Å². The SMILES string of the molecule is Cc1csc(-c2ccccc2C)n1. The van der Waals surface area contributed by atoms with E-state index in [-0.39, 0.29) is 0 Å². The Morgan fingerprint density at radius 3 is 2.54 bits per heavy atom. The Bertz CT molecular complexity index is 418. The molecule has 2 rings (SSSR count). The van der Waals surface area contributed by atoms with E-state index >= 15 is 0 Å². The first-order valence-electron chi connectivity index (χ1n) is 4.25. The van der Waals surface area contributed by atoms with Gasteiger partial charge in [-0.1, -0.05) is 24.3 Å². The van der Waals surface area contributed by atoms with E-state index in [0.29, 0.717) is 0 Å². The lowest BCUT2D eigenvalue weighted by Gasteiger charge is -1.99. The average molecular weight is 189 g/mol. The first-order chi connectivity index (χ1) is 6.27. The molecule has 1 aromatic heterocycles. The molecule has 13 heavy (non-hydrogen) atoms. The topological polar surface area (TPSA) is 12.9 Å². The zero-order chi connectivity index (χ0) is 9.26. The maximum absolute atomic E-state index is 4.46. The lowest BCUT2D eigenvalue weighted by atomic mass is 10.1. The van der Waals surface area contributed by atoms with Gasteiger partial charge in [0.2, 0.25) is 0 Å². The van der Waals surface area contributed by atoms with Gasteiger partial charge in [-0.25, -0.2) is 4.98 Å². The minimum atomic E-state index is 1.10. The minimum Gasteiger partial charge on any atom is -0.241 e. The van der Waals surface area contributed by atoms with Crippen molar-refractivity contribution in [1.29, 1.82) is 0 Å². The Balaban J connectivity index is 2.52. The molecule has 1 aromatic carbocycles. The maximum Gasteiger partial charge on any atom is 0.123 e. The second-order valence-corrected chi connectivity index (χ2v) is 3.97. The molecule has 1 heterocycles. The Kier molecular flexibility index (Phi) is 2.15. The van der Waals surface area contributed by atoms with Gasteiger partial charge in [0.15, 0.2) is 0 Å². The van der Waals surface area contributed by atoms with Crippen LogP contribution in [0.2, 0.25) is 0 Å². The van der Waals surface area contributed by atoms with Crippen LogP contribution in [-0.2, 0) is 0 Å². The molecule has 0 aliphatic rings. The first kappa shape index (κ1) is 8.45. The summed E-state index contributed by atoms with van der Waals surface area (Å²) in [5.41, 5.74) is 3.64. The van der Waals surface area contributed by atoms with Gasteiger partial charge >= 0.3 is 0 Å². The van der Waals surface area contributed by atoms with Crippen LogP contribution >= 0.6 is 11.3 Å². The van der Waals surface area contributed by atoms with E-state index < -0.39 is 0 Å². The molecule has 0 radical (unpaired) electrons. The Morgan fingerprint density at radius 1 is 1.15 bits per heavy atom. The average Bonchev–Trinajstić information content (AvgIpc) is 2.53. The van der Waals surface area contributed by atoms with Gasteiger partial charge in [0.05, 0.1) is 0 Å². The third kappa shape index (κ3) is 1.63. The summed E-state index contributed by atoms with van der Waals surface area (Å²) in [6, 6.07) is 8.35. The number of hydrogen-bond donors (Lipinski definition) is 0. The molecule has 0 amide bonds. The molecule has 0 saturated carbocycles. The zero-order valence-electron chi connectivity index (χ0n) is 7.74. The van der Waals surface area contributed by atoms with Crippen molar-refractivity contribution in [2.45, 2.75) is 13.8 Å². The summed E-state index contributed by atoms with van der Waals surface area (Å²) >= 11 is 1.71. The lowest BCUT2D eigenvalue weighted by Crippen LogP contribution is -1.81. The largest absolute Gasteiger partial charge is 0.241 e. The van der Waals surface area contributed by atoms with E-state index in [1.807, 2.05) is 6.92 Å². The molecule has 0 N–H and O–H groups in total. The second kappa shape index (κ2) is 3.30. The van der Waals surface area contributed by atoms with E-state index in [0.717, 1.165) is 10.7 Å². The standard InChI is InChI=1S/C11H11NS/c1-8-5-3-4-6-10(8)11-12-9(2)7-13-11/h3-7H,1-2H3. The molecule has 1 nitrogen and oxygen atoms in total. The Morgan fingerprint density at radius 2 is 1.92 bits per heavy atom. The normalized spacial score (nSPS) is 10.3. The molecule has 2 heteroatoms. The van der Waals surface area contributed by atoms with Gasteiger partial charge in [0, 0.05) is 16.6 Å². The number of benzene rings is 1. The van der Waals surface area contributed by atoms with Gasteiger partial charge in [0.1, 0.15) is 5.01 Å². The summed E-state index contributed by atoms with van der Waals surface area (Å²) in [4.78, 5) is 4.46. The molecular formula is C11H11NS. The summed E-state index contributed by atoms with van der Waals surface area (Å²) in [6.07, 6.45) is 0. The second-order valence-electron chi connectivity index (χ2n) is 3.11. The molecule has 0 bridgehead atoms. The third-order valence-electron chi connectivity index (χ3n) is 1.99. The highest BCUT2D eigenvalue weighted by molar-refractivity contribution is 7.13. The fraction of sp³-hybridized carbons (Fsp3) is 0.182. The fourth-order valence-corrected chi connectivity index (χ4v) is 2.18. The van der Waals surface area contributed by atoms with E-state index in [1.165, 1.54) is 11.1 Å². The van der Waals surface area contributed by atoms with Crippen LogP contribution < -0.4 is 0 Å². The summed E-state index contributed by atoms with van der Waals surface area (Å²) in [6.45, 7) is 4.14.